The van der Waals surface area contributed by atoms with E-state index in [9.17, 15) is 4.79 Å². The van der Waals surface area contributed by atoms with Gasteiger partial charge in [0.15, 0.2) is 0 Å². The molecule has 1 fully saturated rings. The zero-order valence-corrected chi connectivity index (χ0v) is 13.2. The Kier molecular flexibility index (Phi) is 6.09. The Morgan fingerprint density at radius 3 is 2.21 bits per heavy atom. The number of hydrogen-bond donors (Lipinski definition) is 0. The van der Waals surface area contributed by atoms with Crippen molar-refractivity contribution in [3.8, 4) is 0 Å². The van der Waals surface area contributed by atoms with Crippen molar-refractivity contribution in [3.05, 3.63) is 12.2 Å². The Balaban J connectivity index is 2.68. The van der Waals surface area contributed by atoms with Gasteiger partial charge in [0.1, 0.15) is 6.10 Å². The Hall–Kier alpha value is -0.790. The molecule has 1 saturated carbocycles. The second kappa shape index (κ2) is 7.12. The van der Waals surface area contributed by atoms with Crippen LogP contribution in [0.1, 0.15) is 66.7 Å². The van der Waals surface area contributed by atoms with Crippen molar-refractivity contribution in [2.24, 2.45) is 17.3 Å². The fourth-order valence-electron chi connectivity index (χ4n) is 2.51. The van der Waals surface area contributed by atoms with Crippen LogP contribution in [0.15, 0.2) is 12.2 Å². The molecule has 0 aliphatic heterocycles. The number of allylic oxidation sites excluding steroid dienone is 1. The lowest BCUT2D eigenvalue weighted by Crippen LogP contribution is -2.26. The van der Waals surface area contributed by atoms with E-state index in [1.54, 1.807) is 0 Å². The smallest absolute Gasteiger partial charge is 0.303 e. The summed E-state index contributed by atoms with van der Waals surface area (Å²) in [6.07, 6.45) is 10.6. The molecule has 110 valence electrons. The Bertz CT molecular complexity index is 306. The standard InChI is InChI=1S/C17H30O2/c1-13(17(3,4)5)11-12-16(19-14(2)18)15-9-7-6-8-10-15/h11-13,15-16H,6-10H2,1-5H3/b12-11+. The molecule has 1 aliphatic rings. The van der Waals surface area contributed by atoms with E-state index in [2.05, 4.69) is 39.8 Å². The van der Waals surface area contributed by atoms with Gasteiger partial charge >= 0.3 is 5.97 Å². The van der Waals surface area contributed by atoms with Gasteiger partial charge < -0.3 is 4.74 Å². The number of carbonyl (C=O) groups excluding carboxylic acids is 1. The van der Waals surface area contributed by atoms with Gasteiger partial charge in [0.2, 0.25) is 0 Å². The zero-order valence-electron chi connectivity index (χ0n) is 13.2. The molecule has 0 bridgehead atoms. The van der Waals surface area contributed by atoms with E-state index >= 15 is 0 Å². The summed E-state index contributed by atoms with van der Waals surface area (Å²) in [6.45, 7) is 10.5. The SMILES string of the molecule is CC(=O)OC(/C=C/C(C)C(C)(C)C)C1CCCCC1. The summed E-state index contributed by atoms with van der Waals surface area (Å²) in [6, 6.07) is 0. The molecule has 0 aromatic heterocycles. The highest BCUT2D eigenvalue weighted by molar-refractivity contribution is 5.66. The van der Waals surface area contributed by atoms with Crippen LogP contribution in [0.5, 0.6) is 0 Å². The minimum atomic E-state index is -0.163. The quantitative estimate of drug-likeness (QED) is 0.543. The van der Waals surface area contributed by atoms with Crippen LogP contribution in [0.2, 0.25) is 0 Å². The van der Waals surface area contributed by atoms with Crippen molar-refractivity contribution < 1.29 is 9.53 Å². The summed E-state index contributed by atoms with van der Waals surface area (Å²) in [5.74, 6) is 0.832. The molecule has 0 N–H and O–H groups in total. The first-order valence-electron chi connectivity index (χ1n) is 7.66. The van der Waals surface area contributed by atoms with Crippen molar-refractivity contribution in [2.75, 3.05) is 0 Å². The molecule has 0 amide bonds. The molecule has 2 heteroatoms. The number of carbonyl (C=O) groups is 1. The molecule has 0 spiro atoms. The molecule has 1 rings (SSSR count). The van der Waals surface area contributed by atoms with Crippen LogP contribution in [0.4, 0.5) is 0 Å². The van der Waals surface area contributed by atoms with Crippen molar-refractivity contribution in [1.29, 1.82) is 0 Å². The summed E-state index contributed by atoms with van der Waals surface area (Å²) in [4.78, 5) is 11.3. The minimum Gasteiger partial charge on any atom is -0.458 e. The summed E-state index contributed by atoms with van der Waals surface area (Å²) in [7, 11) is 0. The van der Waals surface area contributed by atoms with Crippen LogP contribution < -0.4 is 0 Å². The van der Waals surface area contributed by atoms with Gasteiger partial charge in [0, 0.05) is 6.92 Å². The second-order valence-corrected chi connectivity index (χ2v) is 7.01. The Morgan fingerprint density at radius 1 is 1.16 bits per heavy atom. The van der Waals surface area contributed by atoms with Gasteiger partial charge in [-0.2, -0.15) is 0 Å². The van der Waals surface area contributed by atoms with E-state index in [1.165, 1.54) is 39.0 Å². The molecule has 0 radical (unpaired) electrons. The minimum absolute atomic E-state index is 0.0254. The van der Waals surface area contributed by atoms with Crippen molar-refractivity contribution in [2.45, 2.75) is 72.8 Å². The van der Waals surface area contributed by atoms with E-state index in [0.29, 0.717) is 11.8 Å². The van der Waals surface area contributed by atoms with E-state index in [-0.39, 0.29) is 17.5 Å². The van der Waals surface area contributed by atoms with Crippen LogP contribution in [0, 0.1) is 17.3 Å². The molecule has 1 aliphatic carbocycles. The van der Waals surface area contributed by atoms with Gasteiger partial charge in [-0.25, -0.2) is 0 Å². The molecule has 2 unspecified atom stereocenters. The monoisotopic (exact) mass is 266 g/mol. The number of esters is 1. The molecular formula is C17H30O2. The second-order valence-electron chi connectivity index (χ2n) is 7.01. The van der Waals surface area contributed by atoms with Crippen LogP contribution in [-0.2, 0) is 9.53 Å². The molecule has 2 atom stereocenters. The molecule has 0 saturated heterocycles. The predicted octanol–water partition coefficient (Wildman–Crippen LogP) is 4.74. The van der Waals surface area contributed by atoms with Crippen LogP contribution in [0.3, 0.4) is 0 Å². The van der Waals surface area contributed by atoms with E-state index < -0.39 is 0 Å². The summed E-state index contributed by atoms with van der Waals surface area (Å²) in [5.41, 5.74) is 0.254. The third-order valence-electron chi connectivity index (χ3n) is 4.37. The molecule has 2 nitrogen and oxygen atoms in total. The van der Waals surface area contributed by atoms with Gasteiger partial charge in [-0.1, -0.05) is 53.0 Å². The predicted molar refractivity (Wildman–Crippen MR) is 79.9 cm³/mol. The number of hydrogen-bond acceptors (Lipinski definition) is 2. The highest BCUT2D eigenvalue weighted by Crippen LogP contribution is 2.31. The van der Waals surface area contributed by atoms with Crippen molar-refractivity contribution in [1.82, 2.24) is 0 Å². The maximum absolute atomic E-state index is 11.3. The molecule has 19 heavy (non-hydrogen) atoms. The fraction of sp³-hybridized carbons (Fsp3) is 0.824. The highest BCUT2D eigenvalue weighted by Gasteiger charge is 2.25. The average Bonchev–Trinajstić information content (AvgIpc) is 2.33. The van der Waals surface area contributed by atoms with Gasteiger partial charge in [-0.05, 0) is 36.2 Å². The topological polar surface area (TPSA) is 26.3 Å². The van der Waals surface area contributed by atoms with Gasteiger partial charge in [-0.15, -0.1) is 0 Å². The first kappa shape index (κ1) is 16.3. The Labute approximate surface area is 118 Å². The zero-order chi connectivity index (χ0) is 14.5. The third-order valence-corrected chi connectivity index (χ3v) is 4.37. The molecular weight excluding hydrogens is 236 g/mol. The van der Waals surface area contributed by atoms with Crippen molar-refractivity contribution in [3.63, 3.8) is 0 Å². The number of ether oxygens (including phenoxy) is 1. The third kappa shape index (κ3) is 5.80. The van der Waals surface area contributed by atoms with E-state index in [0.717, 1.165) is 0 Å². The van der Waals surface area contributed by atoms with Gasteiger partial charge in [-0.3, -0.25) is 4.79 Å². The first-order chi connectivity index (χ1) is 8.80. The van der Waals surface area contributed by atoms with Crippen molar-refractivity contribution >= 4 is 5.97 Å². The highest BCUT2D eigenvalue weighted by atomic mass is 16.5. The summed E-state index contributed by atoms with van der Waals surface area (Å²) in [5, 5.41) is 0. The van der Waals surface area contributed by atoms with Crippen LogP contribution in [-0.4, -0.2) is 12.1 Å². The maximum Gasteiger partial charge on any atom is 0.303 e. The lowest BCUT2D eigenvalue weighted by Gasteiger charge is -2.29. The molecule has 0 aromatic carbocycles. The summed E-state index contributed by atoms with van der Waals surface area (Å²) < 4.78 is 5.53. The maximum atomic E-state index is 11.3. The lowest BCUT2D eigenvalue weighted by atomic mass is 9.80. The van der Waals surface area contributed by atoms with Crippen LogP contribution >= 0.6 is 0 Å². The fourth-order valence-corrected chi connectivity index (χ4v) is 2.51. The van der Waals surface area contributed by atoms with Gasteiger partial charge in [0.05, 0.1) is 0 Å². The molecule has 0 heterocycles. The molecule has 0 aromatic rings. The Morgan fingerprint density at radius 2 is 1.74 bits per heavy atom. The van der Waals surface area contributed by atoms with Crippen LogP contribution in [0.25, 0.3) is 0 Å². The lowest BCUT2D eigenvalue weighted by molar-refractivity contribution is -0.146. The summed E-state index contributed by atoms with van der Waals surface area (Å²) >= 11 is 0. The van der Waals surface area contributed by atoms with E-state index in [1.807, 2.05) is 0 Å². The normalized spacial score (nSPS) is 21.3. The average molecular weight is 266 g/mol. The number of rotatable bonds is 4. The van der Waals surface area contributed by atoms with E-state index in [4.69, 9.17) is 4.74 Å². The first-order valence-corrected chi connectivity index (χ1v) is 7.66. The van der Waals surface area contributed by atoms with Gasteiger partial charge in [0.25, 0.3) is 0 Å². The largest absolute Gasteiger partial charge is 0.458 e.